The zero-order valence-corrected chi connectivity index (χ0v) is 14.9. The van der Waals surface area contributed by atoms with Gasteiger partial charge in [-0.15, -0.1) is 0 Å². The van der Waals surface area contributed by atoms with Crippen LogP contribution >= 0.6 is 0 Å². The van der Waals surface area contributed by atoms with Crippen molar-refractivity contribution in [1.82, 2.24) is 15.5 Å². The van der Waals surface area contributed by atoms with Crippen LogP contribution in [-0.4, -0.2) is 55.7 Å². The third-order valence-corrected chi connectivity index (χ3v) is 4.39. The molecule has 1 saturated heterocycles. The van der Waals surface area contributed by atoms with Gasteiger partial charge in [-0.3, -0.25) is 14.5 Å². The summed E-state index contributed by atoms with van der Waals surface area (Å²) in [5, 5.41) is 5.67. The van der Waals surface area contributed by atoms with E-state index >= 15 is 0 Å². The fourth-order valence-electron chi connectivity index (χ4n) is 2.92. The lowest BCUT2D eigenvalue weighted by Crippen LogP contribution is -2.57. The van der Waals surface area contributed by atoms with Gasteiger partial charge < -0.3 is 15.4 Å². The molecule has 27 heavy (non-hydrogen) atoms. The summed E-state index contributed by atoms with van der Waals surface area (Å²) < 4.78 is 19.3. The number of amides is 2. The average molecular weight is 371 g/mol. The lowest BCUT2D eigenvalue weighted by atomic mass is 10.2. The molecule has 1 fully saturated rings. The largest absolute Gasteiger partial charge is 0.379 e. The number of carbonyl (C=O) groups excluding carboxylic acids is 2. The van der Waals surface area contributed by atoms with Gasteiger partial charge in [-0.2, -0.15) is 0 Å². The van der Waals surface area contributed by atoms with Crippen molar-refractivity contribution in [3.63, 3.8) is 0 Å². The van der Waals surface area contributed by atoms with Crippen LogP contribution in [0.3, 0.4) is 0 Å². The Bertz CT molecular complexity index is 779. The van der Waals surface area contributed by atoms with Gasteiger partial charge in [0, 0.05) is 18.7 Å². The molecule has 2 aromatic carbocycles. The number of morpholine rings is 1. The molecule has 3 rings (SSSR count). The summed E-state index contributed by atoms with van der Waals surface area (Å²) in [7, 11) is 0. The van der Waals surface area contributed by atoms with Gasteiger partial charge >= 0.3 is 0 Å². The smallest absolute Gasteiger partial charge is 0.255 e. The number of rotatable bonds is 6. The number of benzene rings is 2. The summed E-state index contributed by atoms with van der Waals surface area (Å²) in [6, 6.07) is 14.7. The van der Waals surface area contributed by atoms with Crippen LogP contribution < -0.4 is 10.6 Å². The van der Waals surface area contributed by atoms with E-state index in [9.17, 15) is 14.0 Å². The minimum atomic E-state index is -0.580. The molecule has 2 aromatic rings. The molecule has 0 bridgehead atoms. The van der Waals surface area contributed by atoms with E-state index in [0.29, 0.717) is 31.9 Å². The molecule has 142 valence electrons. The number of halogens is 1. The molecule has 0 aliphatic carbocycles. The maximum Gasteiger partial charge on any atom is 0.255 e. The van der Waals surface area contributed by atoms with E-state index in [1.54, 1.807) is 30.3 Å². The van der Waals surface area contributed by atoms with Crippen molar-refractivity contribution in [3.8, 4) is 0 Å². The standard InChI is InChI=1S/C20H22FN3O3/c21-17-9-5-4-8-16(17)20(26)23-18(24-10-12-27-13-11-24)14-22-19(25)15-6-2-1-3-7-15/h1-9,18H,10-14H2,(H,22,25)(H,23,26). The lowest BCUT2D eigenvalue weighted by molar-refractivity contribution is 0.00932. The van der Waals surface area contributed by atoms with E-state index in [2.05, 4.69) is 10.6 Å². The molecule has 0 saturated carbocycles. The molecule has 1 aliphatic heterocycles. The number of hydrogen-bond acceptors (Lipinski definition) is 4. The third-order valence-electron chi connectivity index (χ3n) is 4.39. The zero-order valence-electron chi connectivity index (χ0n) is 14.9. The summed E-state index contributed by atoms with van der Waals surface area (Å²) >= 11 is 0. The van der Waals surface area contributed by atoms with Crippen molar-refractivity contribution < 1.29 is 18.7 Å². The molecule has 2 amide bonds. The van der Waals surface area contributed by atoms with Crippen molar-refractivity contribution in [3.05, 3.63) is 71.5 Å². The first-order valence-corrected chi connectivity index (χ1v) is 8.85. The van der Waals surface area contributed by atoms with E-state index in [1.807, 2.05) is 11.0 Å². The highest BCUT2D eigenvalue weighted by Gasteiger charge is 2.24. The molecule has 1 unspecified atom stereocenters. The van der Waals surface area contributed by atoms with Crippen LogP contribution in [0.4, 0.5) is 4.39 Å². The molecular weight excluding hydrogens is 349 g/mol. The van der Waals surface area contributed by atoms with Gasteiger partial charge in [-0.05, 0) is 24.3 Å². The number of carbonyl (C=O) groups is 2. The molecule has 0 radical (unpaired) electrons. The zero-order chi connectivity index (χ0) is 19.1. The van der Waals surface area contributed by atoms with Gasteiger partial charge in [0.1, 0.15) is 5.82 Å². The molecule has 2 N–H and O–H groups in total. The molecular formula is C20H22FN3O3. The van der Waals surface area contributed by atoms with Crippen molar-refractivity contribution >= 4 is 11.8 Å². The van der Waals surface area contributed by atoms with Crippen molar-refractivity contribution in [2.24, 2.45) is 0 Å². The Balaban J connectivity index is 1.68. The van der Waals surface area contributed by atoms with Gasteiger partial charge in [-0.1, -0.05) is 30.3 Å². The molecule has 6 nitrogen and oxygen atoms in total. The maximum atomic E-state index is 13.9. The normalized spacial score (nSPS) is 15.7. The fraction of sp³-hybridized carbons (Fsp3) is 0.300. The SMILES string of the molecule is O=C(NCC(NC(=O)c1ccccc1F)N1CCOCC1)c1ccccc1. The van der Waals surface area contributed by atoms with E-state index in [-0.39, 0.29) is 18.0 Å². The minimum Gasteiger partial charge on any atom is -0.379 e. The van der Waals surface area contributed by atoms with Gasteiger partial charge in [0.05, 0.1) is 31.5 Å². The van der Waals surface area contributed by atoms with Crippen LogP contribution in [0.1, 0.15) is 20.7 Å². The first-order chi connectivity index (χ1) is 13.1. The van der Waals surface area contributed by atoms with Gasteiger partial charge in [0.25, 0.3) is 11.8 Å². The second kappa shape index (κ2) is 9.25. The van der Waals surface area contributed by atoms with Gasteiger partial charge in [0.15, 0.2) is 0 Å². The van der Waals surface area contributed by atoms with Crippen LogP contribution in [0.2, 0.25) is 0 Å². The predicted octanol–water partition coefficient (Wildman–Crippen LogP) is 1.64. The highest BCUT2D eigenvalue weighted by atomic mass is 19.1. The molecule has 7 heteroatoms. The van der Waals surface area contributed by atoms with Crippen molar-refractivity contribution in [2.75, 3.05) is 32.8 Å². The van der Waals surface area contributed by atoms with Gasteiger partial charge in [0.2, 0.25) is 0 Å². The quantitative estimate of drug-likeness (QED) is 0.810. The maximum absolute atomic E-state index is 13.9. The van der Waals surface area contributed by atoms with Crippen LogP contribution in [0.15, 0.2) is 54.6 Å². The number of hydrogen-bond donors (Lipinski definition) is 2. The average Bonchev–Trinajstić information content (AvgIpc) is 2.72. The van der Waals surface area contributed by atoms with E-state index < -0.39 is 17.9 Å². The molecule has 0 aromatic heterocycles. The van der Waals surface area contributed by atoms with Crippen LogP contribution in [0, 0.1) is 5.82 Å². The van der Waals surface area contributed by atoms with Crippen molar-refractivity contribution in [2.45, 2.75) is 6.17 Å². The topological polar surface area (TPSA) is 70.7 Å². The first kappa shape index (κ1) is 19.0. The van der Waals surface area contributed by atoms with E-state index in [4.69, 9.17) is 4.74 Å². The molecule has 1 aliphatic rings. The Morgan fingerprint density at radius 3 is 2.37 bits per heavy atom. The highest BCUT2D eigenvalue weighted by molar-refractivity contribution is 5.95. The number of ether oxygens (including phenoxy) is 1. The fourth-order valence-corrected chi connectivity index (χ4v) is 2.92. The van der Waals surface area contributed by atoms with Crippen LogP contribution in [-0.2, 0) is 4.74 Å². The summed E-state index contributed by atoms with van der Waals surface area (Å²) in [5.41, 5.74) is 0.517. The lowest BCUT2D eigenvalue weighted by Gasteiger charge is -2.35. The van der Waals surface area contributed by atoms with Gasteiger partial charge in [-0.25, -0.2) is 4.39 Å². The second-order valence-electron chi connectivity index (χ2n) is 6.19. The predicted molar refractivity (Wildman–Crippen MR) is 98.8 cm³/mol. The molecule has 1 heterocycles. The highest BCUT2D eigenvalue weighted by Crippen LogP contribution is 2.08. The number of nitrogens with zero attached hydrogens (tertiary/aromatic N) is 1. The summed E-state index contributed by atoms with van der Waals surface area (Å²) in [6.45, 7) is 2.51. The Morgan fingerprint density at radius 1 is 1.00 bits per heavy atom. The Hall–Kier alpha value is -2.77. The summed E-state index contributed by atoms with van der Waals surface area (Å²) in [4.78, 5) is 26.8. The Morgan fingerprint density at radius 2 is 1.67 bits per heavy atom. The molecule has 0 spiro atoms. The monoisotopic (exact) mass is 371 g/mol. The van der Waals surface area contributed by atoms with Crippen molar-refractivity contribution in [1.29, 1.82) is 0 Å². The Labute approximate surface area is 157 Å². The van der Waals surface area contributed by atoms with E-state index in [0.717, 1.165) is 0 Å². The third kappa shape index (κ3) is 5.12. The summed E-state index contributed by atoms with van der Waals surface area (Å²) in [6.07, 6.45) is -0.464. The first-order valence-electron chi connectivity index (χ1n) is 8.85. The van der Waals surface area contributed by atoms with E-state index in [1.165, 1.54) is 18.2 Å². The minimum absolute atomic E-state index is 0.0230. The number of nitrogens with one attached hydrogen (secondary N) is 2. The second-order valence-corrected chi connectivity index (χ2v) is 6.19. The Kier molecular flexibility index (Phi) is 6.51. The summed E-state index contributed by atoms with van der Waals surface area (Å²) in [5.74, 6) is -1.32. The van der Waals surface area contributed by atoms with Crippen LogP contribution in [0.5, 0.6) is 0 Å². The van der Waals surface area contributed by atoms with Crippen LogP contribution in [0.25, 0.3) is 0 Å². The molecule has 1 atom stereocenters.